The molecule has 1 atom stereocenters. The van der Waals surface area contributed by atoms with Gasteiger partial charge in [0, 0.05) is 6.42 Å². The summed E-state index contributed by atoms with van der Waals surface area (Å²) in [6.07, 6.45) is 2.03. The molecule has 0 aromatic heterocycles. The summed E-state index contributed by atoms with van der Waals surface area (Å²) in [5, 5.41) is 7.88. The molecule has 0 fully saturated rings. The van der Waals surface area contributed by atoms with E-state index in [1.165, 1.54) is 12.1 Å². The predicted octanol–water partition coefficient (Wildman–Crippen LogP) is 0.640. The largest absolute Gasteiger partial charge is 0.350 e. The van der Waals surface area contributed by atoms with E-state index in [4.69, 9.17) is 10.9 Å². The third-order valence-corrected chi connectivity index (χ3v) is 3.87. The van der Waals surface area contributed by atoms with Gasteiger partial charge in [0.1, 0.15) is 0 Å². The van der Waals surface area contributed by atoms with Crippen molar-refractivity contribution in [3.05, 3.63) is 29.8 Å². The van der Waals surface area contributed by atoms with Crippen LogP contribution >= 0.6 is 0 Å². The lowest BCUT2D eigenvalue weighted by molar-refractivity contribution is -0.121. The Bertz CT molecular complexity index is 540. The van der Waals surface area contributed by atoms with Gasteiger partial charge in [-0.1, -0.05) is 12.1 Å². The van der Waals surface area contributed by atoms with Crippen LogP contribution in [0.4, 0.5) is 0 Å². The fraction of sp³-hybridized carbons (Fsp3) is 0.462. The second-order valence-electron chi connectivity index (χ2n) is 4.65. The zero-order chi connectivity index (χ0) is 15.2. The molecule has 20 heavy (non-hydrogen) atoms. The fourth-order valence-corrected chi connectivity index (χ4v) is 2.29. The molecule has 1 aromatic rings. The second kappa shape index (κ2) is 7.37. The first-order chi connectivity index (χ1) is 9.34. The molecule has 0 spiro atoms. The third-order valence-electron chi connectivity index (χ3n) is 2.94. The molecule has 1 unspecified atom stereocenters. The van der Waals surface area contributed by atoms with E-state index in [1.54, 1.807) is 12.1 Å². The Kier molecular flexibility index (Phi) is 6.12. The minimum absolute atomic E-state index is 0.0403. The van der Waals surface area contributed by atoms with Gasteiger partial charge in [-0.25, -0.2) is 13.6 Å². The maximum Gasteiger partial charge on any atom is 0.238 e. The molecule has 6 nitrogen and oxygen atoms in total. The first-order valence-electron chi connectivity index (χ1n) is 6.47. The molecule has 1 amide bonds. The van der Waals surface area contributed by atoms with Gasteiger partial charge in [-0.15, -0.1) is 0 Å². The lowest BCUT2D eigenvalue weighted by atomic mass is 10.1. The Balaban J connectivity index is 2.60. The molecule has 0 aliphatic rings. The van der Waals surface area contributed by atoms with Crippen molar-refractivity contribution in [2.45, 2.75) is 37.1 Å². The Morgan fingerprint density at radius 2 is 1.85 bits per heavy atom. The molecule has 0 saturated heterocycles. The topological polar surface area (TPSA) is 115 Å². The van der Waals surface area contributed by atoms with Crippen molar-refractivity contribution in [3.63, 3.8) is 0 Å². The summed E-state index contributed by atoms with van der Waals surface area (Å²) >= 11 is 0. The number of amides is 1. The fourth-order valence-electron chi connectivity index (χ4n) is 1.77. The molecule has 0 heterocycles. The molecule has 0 aliphatic carbocycles. The van der Waals surface area contributed by atoms with Crippen LogP contribution in [0.15, 0.2) is 29.2 Å². The van der Waals surface area contributed by atoms with E-state index in [0.29, 0.717) is 13.0 Å². The quantitative estimate of drug-likeness (QED) is 0.641. The highest BCUT2D eigenvalue weighted by atomic mass is 32.2. The van der Waals surface area contributed by atoms with Crippen LogP contribution in [0.5, 0.6) is 0 Å². The van der Waals surface area contributed by atoms with Gasteiger partial charge in [0.2, 0.25) is 15.9 Å². The van der Waals surface area contributed by atoms with Gasteiger partial charge < -0.3 is 11.1 Å². The highest BCUT2D eigenvalue weighted by Gasteiger charge is 2.11. The van der Waals surface area contributed by atoms with Crippen LogP contribution in [0.3, 0.4) is 0 Å². The predicted molar refractivity (Wildman–Crippen MR) is 77.3 cm³/mol. The Morgan fingerprint density at radius 1 is 1.25 bits per heavy atom. The van der Waals surface area contributed by atoms with Crippen molar-refractivity contribution in [1.82, 2.24) is 5.32 Å². The first kappa shape index (κ1) is 16.6. The first-order valence-corrected chi connectivity index (χ1v) is 8.01. The zero-order valence-corrected chi connectivity index (χ0v) is 12.3. The van der Waals surface area contributed by atoms with E-state index in [1.807, 2.05) is 6.92 Å². The Hall–Kier alpha value is -1.44. The van der Waals surface area contributed by atoms with Crippen molar-refractivity contribution in [2.24, 2.45) is 10.9 Å². The van der Waals surface area contributed by atoms with Crippen LogP contribution in [-0.2, 0) is 14.8 Å². The van der Waals surface area contributed by atoms with Gasteiger partial charge in [-0.3, -0.25) is 4.79 Å². The summed E-state index contributed by atoms with van der Waals surface area (Å²) in [7, 11) is -3.68. The minimum atomic E-state index is -3.68. The summed E-state index contributed by atoms with van der Waals surface area (Å²) in [6, 6.07) is 5.97. The van der Waals surface area contributed by atoms with Crippen LogP contribution in [0, 0.1) is 0 Å². The summed E-state index contributed by atoms with van der Waals surface area (Å²) in [5.41, 5.74) is 6.19. The molecule has 0 aliphatic heterocycles. The molecule has 0 radical (unpaired) electrons. The zero-order valence-electron chi connectivity index (χ0n) is 11.5. The molecule has 0 saturated carbocycles. The minimum Gasteiger partial charge on any atom is -0.350 e. The van der Waals surface area contributed by atoms with Gasteiger partial charge in [0.05, 0.1) is 10.9 Å². The van der Waals surface area contributed by atoms with E-state index in [9.17, 15) is 13.2 Å². The molecule has 112 valence electrons. The van der Waals surface area contributed by atoms with Gasteiger partial charge >= 0.3 is 0 Å². The Morgan fingerprint density at radius 3 is 2.35 bits per heavy atom. The van der Waals surface area contributed by atoms with E-state index in [2.05, 4.69) is 5.32 Å². The molecular formula is C13H21N3O3S. The van der Waals surface area contributed by atoms with Crippen LogP contribution in [0.2, 0.25) is 0 Å². The summed E-state index contributed by atoms with van der Waals surface area (Å²) in [4.78, 5) is 11.7. The van der Waals surface area contributed by atoms with Crippen molar-refractivity contribution in [2.75, 3.05) is 6.54 Å². The standard InChI is InChI=1S/C13H21N3O3S/c1-10(16-13(17)4-2-3-9-14)11-5-7-12(8-6-11)20(15,18)19/h5-8,10H,2-4,9,14H2,1H3,(H,16,17)(H2,15,18,19). The number of carbonyl (C=O) groups is 1. The number of rotatable bonds is 7. The molecule has 1 rings (SSSR count). The van der Waals surface area contributed by atoms with Gasteiger partial charge in [-0.2, -0.15) is 0 Å². The smallest absolute Gasteiger partial charge is 0.238 e. The number of primary sulfonamides is 1. The van der Waals surface area contributed by atoms with Crippen LogP contribution in [0.25, 0.3) is 0 Å². The highest BCUT2D eigenvalue weighted by Crippen LogP contribution is 2.15. The van der Waals surface area contributed by atoms with Crippen molar-refractivity contribution < 1.29 is 13.2 Å². The number of carbonyl (C=O) groups excluding carboxylic acids is 1. The number of benzene rings is 1. The van der Waals surface area contributed by atoms with Gasteiger partial charge in [0.25, 0.3) is 0 Å². The van der Waals surface area contributed by atoms with Crippen LogP contribution in [0.1, 0.15) is 37.8 Å². The maximum atomic E-state index is 11.7. The maximum absolute atomic E-state index is 11.7. The average molecular weight is 299 g/mol. The van der Waals surface area contributed by atoms with E-state index in [-0.39, 0.29) is 16.8 Å². The van der Waals surface area contributed by atoms with Crippen molar-refractivity contribution in [1.29, 1.82) is 0 Å². The van der Waals surface area contributed by atoms with Gasteiger partial charge in [-0.05, 0) is 44.0 Å². The molecule has 5 N–H and O–H groups in total. The Labute approximate surface area is 119 Å². The summed E-state index contributed by atoms with van der Waals surface area (Å²) < 4.78 is 22.3. The molecule has 7 heteroatoms. The molecule has 1 aromatic carbocycles. The van der Waals surface area contributed by atoms with Crippen molar-refractivity contribution >= 4 is 15.9 Å². The molecular weight excluding hydrogens is 278 g/mol. The number of nitrogens with one attached hydrogen (secondary N) is 1. The lowest BCUT2D eigenvalue weighted by Gasteiger charge is -2.14. The number of hydrogen-bond acceptors (Lipinski definition) is 4. The monoisotopic (exact) mass is 299 g/mol. The van der Waals surface area contributed by atoms with E-state index in [0.717, 1.165) is 18.4 Å². The summed E-state index contributed by atoms with van der Waals surface area (Å²) in [6.45, 7) is 2.42. The average Bonchev–Trinajstić information content (AvgIpc) is 2.38. The van der Waals surface area contributed by atoms with Gasteiger partial charge in [0.15, 0.2) is 0 Å². The molecule has 0 bridgehead atoms. The second-order valence-corrected chi connectivity index (χ2v) is 6.21. The van der Waals surface area contributed by atoms with E-state index >= 15 is 0 Å². The SMILES string of the molecule is CC(NC(=O)CCCCN)c1ccc(S(N)(=O)=O)cc1. The highest BCUT2D eigenvalue weighted by molar-refractivity contribution is 7.89. The van der Waals surface area contributed by atoms with Crippen molar-refractivity contribution in [3.8, 4) is 0 Å². The number of nitrogens with two attached hydrogens (primary N) is 2. The van der Waals surface area contributed by atoms with Crippen LogP contribution < -0.4 is 16.2 Å². The summed E-state index contributed by atoms with van der Waals surface area (Å²) in [5.74, 6) is -0.0403. The normalized spacial score (nSPS) is 12.9. The van der Waals surface area contributed by atoms with Crippen LogP contribution in [-0.4, -0.2) is 20.9 Å². The lowest BCUT2D eigenvalue weighted by Crippen LogP contribution is -2.26. The number of sulfonamides is 1. The third kappa shape index (κ3) is 5.28. The van der Waals surface area contributed by atoms with E-state index < -0.39 is 10.0 Å². The number of hydrogen-bond donors (Lipinski definition) is 3. The number of unbranched alkanes of at least 4 members (excludes halogenated alkanes) is 1.